The predicted octanol–water partition coefficient (Wildman–Crippen LogP) is 8.70. The molecule has 0 atom stereocenters. The fraction of sp³-hybridized carbons (Fsp3) is 0. The first-order valence-corrected chi connectivity index (χ1v) is 14.4. The Hall–Kier alpha value is -6.14. The van der Waals surface area contributed by atoms with Crippen molar-refractivity contribution in [2.75, 3.05) is 0 Å². The fourth-order valence-electron chi connectivity index (χ4n) is 5.41. The van der Waals surface area contributed by atoms with Crippen LogP contribution in [0.2, 0.25) is 0 Å². The van der Waals surface area contributed by atoms with Gasteiger partial charge in [0.2, 0.25) is 0 Å². The van der Waals surface area contributed by atoms with Crippen LogP contribution in [0.4, 0.5) is 0 Å². The molecule has 4 aromatic heterocycles. The summed E-state index contributed by atoms with van der Waals surface area (Å²) in [6, 6.07) is 46.5. The molecule has 0 aliphatic rings. The molecule has 0 spiro atoms. The van der Waals surface area contributed by atoms with Gasteiger partial charge in [-0.2, -0.15) is 0 Å². The number of hydrogen-bond acceptors (Lipinski definition) is 6. The number of hydrogen-bond donors (Lipinski definition) is 0. The third-order valence-corrected chi connectivity index (χ3v) is 7.58. The molecule has 6 heteroatoms. The zero-order chi connectivity index (χ0) is 29.3. The van der Waals surface area contributed by atoms with E-state index < -0.39 is 0 Å². The van der Waals surface area contributed by atoms with Crippen molar-refractivity contribution in [2.45, 2.75) is 0 Å². The molecule has 0 fully saturated rings. The van der Waals surface area contributed by atoms with Gasteiger partial charge in [0.1, 0.15) is 5.69 Å². The second kappa shape index (κ2) is 10.9. The Morgan fingerprint density at radius 3 is 1.66 bits per heavy atom. The lowest BCUT2D eigenvalue weighted by atomic mass is 10.0. The molecule has 0 unspecified atom stereocenters. The molecule has 0 saturated carbocycles. The normalized spacial score (nSPS) is 11.2. The molecule has 44 heavy (non-hydrogen) atoms. The summed E-state index contributed by atoms with van der Waals surface area (Å²) in [7, 11) is 0. The Bertz CT molecular complexity index is 2200. The van der Waals surface area contributed by atoms with E-state index in [1.807, 2.05) is 84.9 Å². The predicted molar refractivity (Wildman–Crippen MR) is 175 cm³/mol. The Kier molecular flexibility index (Phi) is 6.35. The highest BCUT2D eigenvalue weighted by molar-refractivity contribution is 6.09. The van der Waals surface area contributed by atoms with E-state index in [9.17, 15) is 0 Å². The lowest BCUT2D eigenvalue weighted by Gasteiger charge is -2.13. The molecule has 4 aromatic carbocycles. The molecule has 0 saturated heterocycles. The highest BCUT2D eigenvalue weighted by Crippen LogP contribution is 2.35. The molecule has 206 valence electrons. The number of fused-ring (bicyclic) bond motifs is 3. The second-order valence-corrected chi connectivity index (χ2v) is 10.4. The van der Waals surface area contributed by atoms with Crippen LogP contribution in [-0.2, 0) is 0 Å². The van der Waals surface area contributed by atoms with Crippen LogP contribution in [0.5, 0.6) is 0 Å². The maximum atomic E-state index is 5.21. The standard InChI is InChI=1S/C38H24N6/c1-4-12-25(13-5-1)31-22-20-27-19-21-29-30(24-33(26-14-6-2-7-15-26)41-35(29)34(27)40-31)37-42-36(28-16-8-3-9-17-28)43-38(44-37)32-18-10-11-23-39-32/h1-24H. The summed E-state index contributed by atoms with van der Waals surface area (Å²) in [4.78, 5) is 29.8. The minimum atomic E-state index is 0.506. The number of aromatic nitrogens is 6. The number of benzene rings is 4. The van der Waals surface area contributed by atoms with Gasteiger partial charge in [0, 0.05) is 39.2 Å². The molecule has 0 N–H and O–H groups in total. The zero-order valence-electron chi connectivity index (χ0n) is 23.5. The van der Waals surface area contributed by atoms with Gasteiger partial charge in [-0.05, 0) is 24.3 Å². The number of rotatable bonds is 5. The Morgan fingerprint density at radius 2 is 0.955 bits per heavy atom. The summed E-state index contributed by atoms with van der Waals surface area (Å²) < 4.78 is 0. The van der Waals surface area contributed by atoms with E-state index in [0.717, 1.165) is 55.4 Å². The van der Waals surface area contributed by atoms with Gasteiger partial charge in [-0.3, -0.25) is 4.98 Å². The van der Waals surface area contributed by atoms with E-state index in [0.29, 0.717) is 23.2 Å². The molecule has 0 aliphatic carbocycles. The molecule has 4 heterocycles. The number of nitrogens with zero attached hydrogens (tertiary/aromatic N) is 6. The first-order chi connectivity index (χ1) is 21.8. The van der Waals surface area contributed by atoms with Crippen molar-refractivity contribution in [3.63, 3.8) is 0 Å². The van der Waals surface area contributed by atoms with Gasteiger partial charge in [-0.15, -0.1) is 0 Å². The van der Waals surface area contributed by atoms with Crippen LogP contribution < -0.4 is 0 Å². The minimum Gasteiger partial charge on any atom is -0.253 e. The van der Waals surface area contributed by atoms with Gasteiger partial charge >= 0.3 is 0 Å². The van der Waals surface area contributed by atoms with Crippen LogP contribution in [0.25, 0.3) is 78.6 Å². The Morgan fingerprint density at radius 1 is 0.364 bits per heavy atom. The first-order valence-electron chi connectivity index (χ1n) is 14.4. The molecule has 8 aromatic rings. The van der Waals surface area contributed by atoms with Gasteiger partial charge in [-0.25, -0.2) is 24.9 Å². The van der Waals surface area contributed by atoms with Gasteiger partial charge in [0.25, 0.3) is 0 Å². The first kappa shape index (κ1) is 25.6. The van der Waals surface area contributed by atoms with E-state index in [4.69, 9.17) is 24.9 Å². The van der Waals surface area contributed by atoms with Crippen LogP contribution in [0.15, 0.2) is 146 Å². The van der Waals surface area contributed by atoms with Crippen molar-refractivity contribution >= 4 is 21.8 Å². The largest absolute Gasteiger partial charge is 0.253 e. The zero-order valence-corrected chi connectivity index (χ0v) is 23.5. The average Bonchev–Trinajstić information content (AvgIpc) is 3.12. The fourth-order valence-corrected chi connectivity index (χ4v) is 5.41. The molecule has 0 aliphatic heterocycles. The molecule has 0 amide bonds. The van der Waals surface area contributed by atoms with Crippen LogP contribution in [-0.4, -0.2) is 29.9 Å². The Balaban J connectivity index is 1.44. The monoisotopic (exact) mass is 564 g/mol. The van der Waals surface area contributed by atoms with Crippen LogP contribution >= 0.6 is 0 Å². The summed E-state index contributed by atoms with van der Waals surface area (Å²) >= 11 is 0. The summed E-state index contributed by atoms with van der Waals surface area (Å²) in [6.07, 6.45) is 1.75. The van der Waals surface area contributed by atoms with Gasteiger partial charge in [0.05, 0.1) is 22.4 Å². The van der Waals surface area contributed by atoms with E-state index >= 15 is 0 Å². The third-order valence-electron chi connectivity index (χ3n) is 7.58. The lowest BCUT2D eigenvalue weighted by molar-refractivity contribution is 1.06. The quantitative estimate of drug-likeness (QED) is 0.195. The van der Waals surface area contributed by atoms with Crippen LogP contribution in [0.1, 0.15) is 0 Å². The molecular formula is C38H24N6. The molecule has 0 radical (unpaired) electrons. The molecule has 0 bridgehead atoms. The molecule has 8 rings (SSSR count). The average molecular weight is 565 g/mol. The lowest BCUT2D eigenvalue weighted by Crippen LogP contribution is -2.02. The Labute approximate surface area is 253 Å². The van der Waals surface area contributed by atoms with Crippen molar-refractivity contribution in [1.82, 2.24) is 29.9 Å². The van der Waals surface area contributed by atoms with E-state index in [1.54, 1.807) is 6.20 Å². The van der Waals surface area contributed by atoms with Crippen LogP contribution in [0, 0.1) is 0 Å². The van der Waals surface area contributed by atoms with Gasteiger partial charge in [0.15, 0.2) is 17.5 Å². The van der Waals surface area contributed by atoms with Crippen molar-refractivity contribution in [3.8, 4) is 56.8 Å². The number of pyridine rings is 3. The summed E-state index contributed by atoms with van der Waals surface area (Å²) in [5.41, 5.74) is 7.79. The third kappa shape index (κ3) is 4.74. The van der Waals surface area contributed by atoms with Crippen molar-refractivity contribution in [2.24, 2.45) is 0 Å². The van der Waals surface area contributed by atoms with E-state index in [-0.39, 0.29) is 0 Å². The molecule has 6 nitrogen and oxygen atoms in total. The van der Waals surface area contributed by atoms with Crippen molar-refractivity contribution in [1.29, 1.82) is 0 Å². The second-order valence-electron chi connectivity index (χ2n) is 10.4. The van der Waals surface area contributed by atoms with Gasteiger partial charge < -0.3 is 0 Å². The van der Waals surface area contributed by atoms with E-state index in [2.05, 4.69) is 59.6 Å². The highest BCUT2D eigenvalue weighted by Gasteiger charge is 2.18. The maximum Gasteiger partial charge on any atom is 0.182 e. The van der Waals surface area contributed by atoms with Crippen molar-refractivity contribution in [3.05, 3.63) is 146 Å². The van der Waals surface area contributed by atoms with E-state index in [1.165, 1.54) is 0 Å². The summed E-state index contributed by atoms with van der Waals surface area (Å²) in [6.45, 7) is 0. The SMILES string of the molecule is c1ccc(-c2ccc3ccc4c(-c5nc(-c6ccccc6)nc(-c6ccccn6)n5)cc(-c5ccccc5)nc4c3n2)cc1. The van der Waals surface area contributed by atoms with Gasteiger partial charge in [-0.1, -0.05) is 115 Å². The maximum absolute atomic E-state index is 5.21. The molecular weight excluding hydrogens is 540 g/mol. The van der Waals surface area contributed by atoms with Crippen molar-refractivity contribution < 1.29 is 0 Å². The van der Waals surface area contributed by atoms with Crippen LogP contribution in [0.3, 0.4) is 0 Å². The smallest absolute Gasteiger partial charge is 0.182 e. The summed E-state index contributed by atoms with van der Waals surface area (Å²) in [5.74, 6) is 1.63. The minimum absolute atomic E-state index is 0.506. The highest BCUT2D eigenvalue weighted by atomic mass is 15.0. The summed E-state index contributed by atoms with van der Waals surface area (Å²) in [5, 5.41) is 1.92. The topological polar surface area (TPSA) is 77.3 Å².